The van der Waals surface area contributed by atoms with Crippen molar-refractivity contribution in [2.75, 3.05) is 12.5 Å². The van der Waals surface area contributed by atoms with Gasteiger partial charge in [0.1, 0.15) is 18.7 Å². The Morgan fingerprint density at radius 1 is 1.25 bits per heavy atom. The van der Waals surface area contributed by atoms with E-state index in [0.717, 1.165) is 10.5 Å². The maximum absolute atomic E-state index is 12.9. The van der Waals surface area contributed by atoms with Gasteiger partial charge in [-0.15, -0.1) is 9.63 Å². The maximum atomic E-state index is 12.9. The van der Waals surface area contributed by atoms with Crippen LogP contribution in [0.4, 0.5) is 4.79 Å². The highest BCUT2D eigenvalue weighted by molar-refractivity contribution is 8.40. The molecule has 1 aromatic carbocycles. The van der Waals surface area contributed by atoms with Crippen LogP contribution in [0.25, 0.3) is 0 Å². The molecule has 1 aromatic rings. The van der Waals surface area contributed by atoms with Gasteiger partial charge in [0.05, 0.1) is 0 Å². The summed E-state index contributed by atoms with van der Waals surface area (Å²) in [5.41, 5.74) is 1.78. The van der Waals surface area contributed by atoms with Crippen molar-refractivity contribution in [2.45, 2.75) is 44.4 Å². The van der Waals surface area contributed by atoms with Crippen LogP contribution in [0.3, 0.4) is 0 Å². The molecule has 2 aliphatic rings. The first-order chi connectivity index (χ1) is 8.94. The van der Waals surface area contributed by atoms with E-state index in [1.807, 2.05) is 45.4 Å². The zero-order valence-corrected chi connectivity index (χ0v) is 13.7. The molecular formula is C15H24NO3S+. The number of hydrogen-bond donors (Lipinski definition) is 2. The van der Waals surface area contributed by atoms with Crippen molar-refractivity contribution in [1.82, 2.24) is 0 Å². The number of nitrogens with zero attached hydrogens (tertiary/aromatic N) is 1. The van der Waals surface area contributed by atoms with Crippen LogP contribution >= 0.6 is 9.63 Å². The fourth-order valence-electron chi connectivity index (χ4n) is 3.29. The van der Waals surface area contributed by atoms with E-state index in [9.17, 15) is 9.35 Å². The first kappa shape index (κ1) is 13.9. The molecule has 1 amide bonds. The van der Waals surface area contributed by atoms with E-state index in [0.29, 0.717) is 13.1 Å². The Morgan fingerprint density at radius 2 is 1.85 bits per heavy atom. The molecule has 1 atom stereocenters. The minimum Gasteiger partial charge on any atom is -0.414 e. The van der Waals surface area contributed by atoms with Crippen LogP contribution in [-0.4, -0.2) is 32.6 Å². The van der Waals surface area contributed by atoms with Crippen LogP contribution in [0.2, 0.25) is 0 Å². The van der Waals surface area contributed by atoms with Gasteiger partial charge in [0.2, 0.25) is 0 Å². The molecule has 0 saturated carbocycles. The lowest BCUT2D eigenvalue weighted by Gasteiger charge is -2.63. The van der Waals surface area contributed by atoms with E-state index in [4.69, 9.17) is 4.74 Å². The molecule has 2 heterocycles. The number of fused-ring (bicyclic) bond motifs is 2. The van der Waals surface area contributed by atoms with Gasteiger partial charge in [-0.05, 0) is 32.9 Å². The summed E-state index contributed by atoms with van der Waals surface area (Å²) in [6.45, 7) is 6.70. The predicted octanol–water partition coefficient (Wildman–Crippen LogP) is 3.54. The fraction of sp³-hybridized carbons (Fsp3) is 0.533. The lowest BCUT2D eigenvalue weighted by Crippen LogP contribution is -2.57. The van der Waals surface area contributed by atoms with Crippen molar-refractivity contribution >= 4 is 15.7 Å². The summed E-state index contributed by atoms with van der Waals surface area (Å²) in [6.07, 6.45) is 3.41. The van der Waals surface area contributed by atoms with Crippen LogP contribution in [0.1, 0.15) is 31.9 Å². The Hall–Kier alpha value is -1.04. The number of ether oxygens (including phenoxy) is 1. The number of rotatable bonds is 0. The first-order valence-corrected chi connectivity index (χ1v) is 9.97. The molecule has 2 aliphatic heterocycles. The molecule has 0 radical (unpaired) electrons. The van der Waals surface area contributed by atoms with E-state index in [1.165, 1.54) is 5.56 Å². The SMILES string of the molecule is CC(C)(C)OC(=O)[N+]12Cc3ccc(cc3C1)[SH]2(C)(C)O. The third kappa shape index (κ3) is 1.54. The predicted molar refractivity (Wildman–Crippen MR) is 82.1 cm³/mol. The van der Waals surface area contributed by atoms with E-state index in [2.05, 4.69) is 6.07 Å². The van der Waals surface area contributed by atoms with Crippen molar-refractivity contribution in [3.05, 3.63) is 29.3 Å². The van der Waals surface area contributed by atoms with Gasteiger partial charge in [-0.1, -0.05) is 6.07 Å². The topological polar surface area (TPSA) is 46.5 Å². The van der Waals surface area contributed by atoms with Crippen molar-refractivity contribution in [3.8, 4) is 0 Å². The Bertz CT molecular complexity index is 620. The zero-order valence-electron chi connectivity index (χ0n) is 12.8. The second-order valence-corrected chi connectivity index (χ2v) is 12.9. The van der Waals surface area contributed by atoms with Crippen molar-refractivity contribution in [2.24, 2.45) is 0 Å². The lowest BCUT2D eigenvalue weighted by molar-refractivity contribution is -0.758. The first-order valence-electron chi connectivity index (χ1n) is 6.93. The molecule has 3 rings (SSSR count). The molecule has 0 saturated heterocycles. The summed E-state index contributed by atoms with van der Waals surface area (Å²) >= 11 is 0. The smallest absolute Gasteiger partial charge is 0.414 e. The molecule has 1 unspecified atom stereocenters. The summed E-state index contributed by atoms with van der Waals surface area (Å²) in [4.78, 5) is 13.8. The van der Waals surface area contributed by atoms with Gasteiger partial charge in [-0.3, -0.25) is 0 Å². The number of benzene rings is 1. The Labute approximate surface area is 120 Å². The third-order valence-corrected chi connectivity index (χ3v) is 9.14. The second-order valence-electron chi connectivity index (χ2n) is 7.66. The number of carbonyl (C=O) groups is 1. The van der Waals surface area contributed by atoms with Crippen LogP contribution in [-0.2, 0) is 17.8 Å². The van der Waals surface area contributed by atoms with Gasteiger partial charge in [-0.25, -0.2) is 0 Å². The van der Waals surface area contributed by atoms with E-state index >= 15 is 0 Å². The summed E-state index contributed by atoms with van der Waals surface area (Å²) in [5, 5.41) is 0. The highest BCUT2D eigenvalue weighted by atomic mass is 32.3. The number of quaternary nitrogens is 1. The van der Waals surface area contributed by atoms with E-state index < -0.39 is 15.2 Å². The fourth-order valence-corrected chi connectivity index (χ4v) is 6.43. The van der Waals surface area contributed by atoms with Gasteiger partial charge in [0.25, 0.3) is 0 Å². The highest BCUT2D eigenvalue weighted by Crippen LogP contribution is 2.78. The second kappa shape index (κ2) is 3.40. The Kier molecular flexibility index (Phi) is 2.37. The van der Waals surface area contributed by atoms with E-state index in [-0.39, 0.29) is 9.98 Å². The van der Waals surface area contributed by atoms with Crippen LogP contribution in [0.5, 0.6) is 0 Å². The summed E-state index contributed by atoms with van der Waals surface area (Å²) in [5.74, 6) is 0. The van der Waals surface area contributed by atoms with Crippen molar-refractivity contribution in [1.29, 1.82) is 0 Å². The van der Waals surface area contributed by atoms with Crippen LogP contribution < -0.4 is 0 Å². The van der Waals surface area contributed by atoms with Gasteiger partial charge < -0.3 is 9.29 Å². The number of thiol groups is 1. The molecule has 0 aliphatic carbocycles. The Morgan fingerprint density at radius 3 is 2.45 bits per heavy atom. The highest BCUT2D eigenvalue weighted by Gasteiger charge is 2.62. The Balaban J connectivity index is 2.15. The van der Waals surface area contributed by atoms with Gasteiger partial charge in [0, 0.05) is 28.5 Å². The number of carbonyl (C=O) groups excluding carboxylic acids is 1. The standard InChI is InChI=1S/C15H23NO3S/c1-15(2,3)19-14(17)16-9-11-6-7-13(8-12(11)10-16)20(16,4,5)18/h6-8,20H,9-10H2,1-5H3/p+1. The normalized spacial score (nSPS) is 30.6. The van der Waals surface area contributed by atoms with Gasteiger partial charge >= 0.3 is 6.09 Å². The molecule has 0 fully saturated rings. The average molecular weight is 298 g/mol. The molecule has 0 aromatic heterocycles. The molecule has 1 N–H and O–H groups in total. The lowest BCUT2D eigenvalue weighted by atomic mass is 10.1. The number of hydrogen-bond acceptors (Lipinski definition) is 3. The molecule has 20 heavy (non-hydrogen) atoms. The molecule has 5 heteroatoms. The summed E-state index contributed by atoms with van der Waals surface area (Å²) < 4.78 is 17.2. The summed E-state index contributed by atoms with van der Waals surface area (Å²) in [7, 11) is -3.37. The maximum Gasteiger partial charge on any atom is 0.527 e. The van der Waals surface area contributed by atoms with Crippen LogP contribution in [0, 0.1) is 0 Å². The minimum atomic E-state index is -3.37. The average Bonchev–Trinajstić information content (AvgIpc) is 2.59. The summed E-state index contributed by atoms with van der Waals surface area (Å²) in [6, 6.07) is 6.09. The molecule has 4 nitrogen and oxygen atoms in total. The third-order valence-electron chi connectivity index (χ3n) is 4.66. The quantitative estimate of drug-likeness (QED) is 0.569. The monoisotopic (exact) mass is 298 g/mol. The van der Waals surface area contributed by atoms with E-state index in [1.54, 1.807) is 0 Å². The molecular weight excluding hydrogens is 274 g/mol. The zero-order chi connectivity index (χ0) is 15.0. The largest absolute Gasteiger partial charge is 0.527 e. The van der Waals surface area contributed by atoms with Gasteiger partial charge in [-0.2, -0.15) is 8.68 Å². The van der Waals surface area contributed by atoms with Crippen LogP contribution in [0.15, 0.2) is 23.1 Å². The van der Waals surface area contributed by atoms with Crippen molar-refractivity contribution in [3.63, 3.8) is 0 Å². The molecule has 0 spiro atoms. The molecule has 3 bridgehead atoms. The number of amides is 1. The van der Waals surface area contributed by atoms with Gasteiger partial charge in [0.15, 0.2) is 0 Å². The minimum absolute atomic E-state index is 0.0341. The van der Waals surface area contributed by atoms with Crippen molar-refractivity contribution < 1.29 is 18.0 Å². The molecule has 112 valence electrons.